The molecule has 0 fully saturated rings. The standard InChI is InChI=1S/C10H10OS2/c1-6-5-13-10-7(11)3-4-8(12-2)9(6)10/h3-5,11H,1-2H3. The number of hydrogen-bond donors (Lipinski definition) is 1. The Morgan fingerprint density at radius 2 is 2.15 bits per heavy atom. The molecule has 1 heterocycles. The van der Waals surface area contributed by atoms with Crippen molar-refractivity contribution in [3.8, 4) is 5.75 Å². The summed E-state index contributed by atoms with van der Waals surface area (Å²) in [7, 11) is 0. The highest BCUT2D eigenvalue weighted by Gasteiger charge is 2.08. The quantitative estimate of drug-likeness (QED) is 0.725. The third kappa shape index (κ3) is 1.32. The normalized spacial score (nSPS) is 10.9. The van der Waals surface area contributed by atoms with E-state index < -0.39 is 0 Å². The van der Waals surface area contributed by atoms with Gasteiger partial charge < -0.3 is 5.11 Å². The Morgan fingerprint density at radius 3 is 2.85 bits per heavy atom. The zero-order valence-electron chi connectivity index (χ0n) is 7.50. The van der Waals surface area contributed by atoms with Crippen LogP contribution in [0.3, 0.4) is 0 Å². The Bertz CT molecular complexity index is 445. The van der Waals surface area contributed by atoms with Gasteiger partial charge in [-0.25, -0.2) is 0 Å². The third-order valence-corrected chi connectivity index (χ3v) is 3.97. The maximum absolute atomic E-state index is 9.61. The van der Waals surface area contributed by atoms with E-state index in [9.17, 15) is 5.11 Å². The van der Waals surface area contributed by atoms with E-state index in [-0.39, 0.29) is 0 Å². The van der Waals surface area contributed by atoms with Crippen LogP contribution in [0.1, 0.15) is 5.56 Å². The maximum Gasteiger partial charge on any atom is 0.133 e. The van der Waals surface area contributed by atoms with Crippen LogP contribution >= 0.6 is 23.1 Å². The van der Waals surface area contributed by atoms with Gasteiger partial charge in [0.25, 0.3) is 0 Å². The highest BCUT2D eigenvalue weighted by atomic mass is 32.2. The molecule has 1 nitrogen and oxygen atoms in total. The molecule has 0 saturated carbocycles. The maximum atomic E-state index is 9.61. The van der Waals surface area contributed by atoms with Gasteiger partial charge in [-0.2, -0.15) is 0 Å². The molecule has 0 radical (unpaired) electrons. The van der Waals surface area contributed by atoms with Crippen molar-refractivity contribution in [2.75, 3.05) is 6.26 Å². The van der Waals surface area contributed by atoms with Crippen LogP contribution in [0.2, 0.25) is 0 Å². The number of rotatable bonds is 1. The molecule has 1 aromatic heterocycles. The van der Waals surface area contributed by atoms with Crippen LogP contribution in [-0.2, 0) is 0 Å². The van der Waals surface area contributed by atoms with Crippen molar-refractivity contribution in [3.63, 3.8) is 0 Å². The number of thioether (sulfide) groups is 1. The zero-order valence-corrected chi connectivity index (χ0v) is 9.13. The van der Waals surface area contributed by atoms with E-state index in [4.69, 9.17) is 0 Å². The summed E-state index contributed by atoms with van der Waals surface area (Å²) in [4.78, 5) is 1.24. The van der Waals surface area contributed by atoms with Crippen molar-refractivity contribution < 1.29 is 5.11 Å². The number of fused-ring (bicyclic) bond motifs is 1. The Morgan fingerprint density at radius 1 is 1.38 bits per heavy atom. The summed E-state index contributed by atoms with van der Waals surface area (Å²) in [6, 6.07) is 3.74. The second-order valence-electron chi connectivity index (χ2n) is 2.91. The first-order valence-corrected chi connectivity index (χ1v) is 6.08. The van der Waals surface area contributed by atoms with E-state index in [0.29, 0.717) is 5.75 Å². The highest BCUT2D eigenvalue weighted by molar-refractivity contribution is 7.98. The van der Waals surface area contributed by atoms with Crippen molar-refractivity contribution in [2.45, 2.75) is 11.8 Å². The van der Waals surface area contributed by atoms with Crippen molar-refractivity contribution in [1.82, 2.24) is 0 Å². The van der Waals surface area contributed by atoms with Crippen LogP contribution in [0.15, 0.2) is 22.4 Å². The number of hydrogen-bond acceptors (Lipinski definition) is 3. The molecule has 13 heavy (non-hydrogen) atoms. The van der Waals surface area contributed by atoms with Crippen LogP contribution in [-0.4, -0.2) is 11.4 Å². The average molecular weight is 210 g/mol. The molecule has 0 spiro atoms. The Labute approximate surface area is 85.4 Å². The molecule has 3 heteroatoms. The van der Waals surface area contributed by atoms with Crippen molar-refractivity contribution >= 4 is 33.2 Å². The third-order valence-electron chi connectivity index (χ3n) is 2.07. The largest absolute Gasteiger partial charge is 0.506 e. The molecule has 68 valence electrons. The van der Waals surface area contributed by atoms with Gasteiger partial charge in [0.15, 0.2) is 0 Å². The summed E-state index contributed by atoms with van der Waals surface area (Å²) in [6.45, 7) is 2.08. The molecule has 0 aliphatic rings. The van der Waals surface area contributed by atoms with Gasteiger partial charge in [-0.1, -0.05) is 0 Å². The number of thiophene rings is 1. The molecule has 0 aliphatic carbocycles. The summed E-state index contributed by atoms with van der Waals surface area (Å²) in [5.74, 6) is 0.394. The van der Waals surface area contributed by atoms with Crippen molar-refractivity contribution in [2.24, 2.45) is 0 Å². The SMILES string of the molecule is CSc1ccc(O)c2scc(C)c12. The lowest BCUT2D eigenvalue weighted by Gasteiger charge is -2.01. The number of phenols is 1. The molecule has 0 saturated heterocycles. The molecule has 0 bridgehead atoms. The van der Waals surface area contributed by atoms with Crippen LogP contribution in [0.4, 0.5) is 0 Å². The number of phenolic OH excluding ortho intramolecular Hbond substituents is 1. The first-order valence-electron chi connectivity index (χ1n) is 3.98. The highest BCUT2D eigenvalue weighted by Crippen LogP contribution is 2.38. The summed E-state index contributed by atoms with van der Waals surface area (Å²) in [6.07, 6.45) is 2.06. The average Bonchev–Trinajstić information content (AvgIpc) is 2.51. The predicted molar refractivity (Wildman–Crippen MR) is 60.0 cm³/mol. The number of benzene rings is 1. The second-order valence-corrected chi connectivity index (χ2v) is 4.64. The molecule has 0 unspecified atom stereocenters. The molecule has 1 N–H and O–H groups in total. The van der Waals surface area contributed by atoms with E-state index >= 15 is 0 Å². The molecule has 0 aliphatic heterocycles. The van der Waals surface area contributed by atoms with Gasteiger partial charge in [0.2, 0.25) is 0 Å². The van der Waals surface area contributed by atoms with Gasteiger partial charge >= 0.3 is 0 Å². The molecule has 2 rings (SSSR count). The van der Waals surface area contributed by atoms with Crippen molar-refractivity contribution in [1.29, 1.82) is 0 Å². The van der Waals surface area contributed by atoms with E-state index in [1.165, 1.54) is 15.8 Å². The lowest BCUT2D eigenvalue weighted by atomic mass is 10.2. The van der Waals surface area contributed by atoms with Crippen LogP contribution in [0.25, 0.3) is 10.1 Å². The zero-order chi connectivity index (χ0) is 9.42. The summed E-state index contributed by atoms with van der Waals surface area (Å²) in [5, 5.41) is 12.9. The summed E-state index contributed by atoms with van der Waals surface area (Å²) < 4.78 is 1.00. The lowest BCUT2D eigenvalue weighted by molar-refractivity contribution is 0.482. The Kier molecular flexibility index (Phi) is 2.22. The minimum Gasteiger partial charge on any atom is -0.506 e. The topological polar surface area (TPSA) is 20.2 Å². The van der Waals surface area contributed by atoms with Gasteiger partial charge in [-0.15, -0.1) is 23.1 Å². The first kappa shape index (κ1) is 8.91. The summed E-state index contributed by atoms with van der Waals surface area (Å²) >= 11 is 3.33. The molecule has 2 aromatic rings. The minimum atomic E-state index is 0.394. The van der Waals surface area contributed by atoms with Crippen LogP contribution in [0, 0.1) is 6.92 Å². The van der Waals surface area contributed by atoms with E-state index in [0.717, 1.165) is 4.70 Å². The first-order chi connectivity index (χ1) is 6.24. The number of aryl methyl sites for hydroxylation is 1. The second kappa shape index (κ2) is 3.24. The monoisotopic (exact) mass is 210 g/mol. The molecular weight excluding hydrogens is 200 g/mol. The Balaban J connectivity index is 2.88. The fourth-order valence-corrected chi connectivity index (χ4v) is 3.15. The molecule has 1 aromatic carbocycles. The van der Waals surface area contributed by atoms with Gasteiger partial charge in [0, 0.05) is 10.3 Å². The van der Waals surface area contributed by atoms with Crippen LogP contribution in [0.5, 0.6) is 5.75 Å². The predicted octanol–water partition coefficient (Wildman–Crippen LogP) is 3.64. The minimum absolute atomic E-state index is 0.394. The molecule has 0 amide bonds. The van der Waals surface area contributed by atoms with Crippen molar-refractivity contribution in [3.05, 3.63) is 23.1 Å². The molecule has 0 atom stereocenters. The van der Waals surface area contributed by atoms with Gasteiger partial charge in [0.05, 0.1) is 4.70 Å². The van der Waals surface area contributed by atoms with Crippen LogP contribution < -0.4 is 0 Å². The van der Waals surface area contributed by atoms with E-state index in [2.05, 4.69) is 18.6 Å². The lowest BCUT2D eigenvalue weighted by Crippen LogP contribution is -1.75. The van der Waals surface area contributed by atoms with E-state index in [1.807, 2.05) is 6.07 Å². The Hall–Kier alpha value is -0.670. The summed E-state index contributed by atoms with van der Waals surface area (Å²) in [5.41, 5.74) is 1.25. The van der Waals surface area contributed by atoms with E-state index in [1.54, 1.807) is 29.2 Å². The smallest absolute Gasteiger partial charge is 0.133 e. The fraction of sp³-hybridized carbons (Fsp3) is 0.200. The molecular formula is C10H10OS2. The van der Waals surface area contributed by atoms with Gasteiger partial charge in [-0.3, -0.25) is 0 Å². The van der Waals surface area contributed by atoms with Gasteiger partial charge in [-0.05, 0) is 36.3 Å². The number of aromatic hydroxyl groups is 1. The van der Waals surface area contributed by atoms with Gasteiger partial charge in [0.1, 0.15) is 5.75 Å². The fourth-order valence-electron chi connectivity index (χ4n) is 1.42.